The maximum Gasteiger partial charge on any atom is 0.251 e. The number of hydrogen-bond donors (Lipinski definition) is 2. The number of benzene rings is 1. The van der Waals surface area contributed by atoms with E-state index < -0.39 is 0 Å². The van der Waals surface area contributed by atoms with Crippen molar-refractivity contribution in [2.75, 3.05) is 13.2 Å². The molecule has 1 rings (SSSR count). The molecule has 3 nitrogen and oxygen atoms in total. The van der Waals surface area contributed by atoms with Gasteiger partial charge in [0.15, 0.2) is 0 Å². The number of carbonyl (C=O) groups is 1. The molecule has 0 aliphatic rings. The van der Waals surface area contributed by atoms with Crippen LogP contribution in [0.5, 0.6) is 0 Å². The molecule has 0 radical (unpaired) electrons. The molecule has 0 bridgehead atoms. The Morgan fingerprint density at radius 1 is 1.28 bits per heavy atom. The number of carbonyl (C=O) groups excluding carboxylic acids is 1. The molecule has 1 aromatic carbocycles. The van der Waals surface area contributed by atoms with Crippen molar-refractivity contribution in [3.05, 3.63) is 35.4 Å². The first-order valence-electron chi connectivity index (χ1n) is 6.40. The number of nitrogens with one attached hydrogen (secondary N) is 1. The van der Waals surface area contributed by atoms with Crippen molar-refractivity contribution in [3.8, 4) is 0 Å². The third-order valence-electron chi connectivity index (χ3n) is 3.05. The lowest BCUT2D eigenvalue weighted by atomic mass is 9.88. The molecule has 3 heteroatoms. The summed E-state index contributed by atoms with van der Waals surface area (Å²) < 4.78 is 0. The van der Waals surface area contributed by atoms with Crippen molar-refractivity contribution in [2.45, 2.75) is 33.6 Å². The molecular weight excluding hydrogens is 226 g/mol. The molecule has 100 valence electrons. The Kier molecular flexibility index (Phi) is 5.35. The van der Waals surface area contributed by atoms with E-state index in [0.29, 0.717) is 12.1 Å². The minimum atomic E-state index is -0.0351. The second kappa shape index (κ2) is 6.55. The standard InChI is InChI=1S/C15H23NO2/c1-12-5-7-13(8-6-12)14(18)16-11-15(2,3)9-4-10-17/h5-8,17H,4,9-11H2,1-3H3,(H,16,18). The molecule has 0 saturated heterocycles. The van der Waals surface area contributed by atoms with E-state index in [0.717, 1.165) is 18.4 Å². The molecule has 2 N–H and O–H groups in total. The summed E-state index contributed by atoms with van der Waals surface area (Å²) >= 11 is 0. The van der Waals surface area contributed by atoms with Crippen molar-refractivity contribution in [1.29, 1.82) is 0 Å². The lowest BCUT2D eigenvalue weighted by Crippen LogP contribution is -2.34. The fourth-order valence-electron chi connectivity index (χ4n) is 1.77. The molecule has 0 saturated carbocycles. The molecule has 1 amide bonds. The van der Waals surface area contributed by atoms with Crippen molar-refractivity contribution >= 4 is 5.91 Å². The van der Waals surface area contributed by atoms with Crippen LogP contribution in [-0.2, 0) is 0 Å². The smallest absolute Gasteiger partial charge is 0.251 e. The minimum absolute atomic E-state index is 0.0170. The number of aliphatic hydroxyl groups is 1. The van der Waals surface area contributed by atoms with Crippen LogP contribution in [0.3, 0.4) is 0 Å². The highest BCUT2D eigenvalue weighted by Gasteiger charge is 2.18. The lowest BCUT2D eigenvalue weighted by Gasteiger charge is -2.24. The van der Waals surface area contributed by atoms with Gasteiger partial charge in [0.2, 0.25) is 0 Å². The Morgan fingerprint density at radius 2 is 1.89 bits per heavy atom. The lowest BCUT2D eigenvalue weighted by molar-refractivity contribution is 0.0933. The van der Waals surface area contributed by atoms with Crippen LogP contribution in [0.25, 0.3) is 0 Å². The van der Waals surface area contributed by atoms with E-state index in [1.54, 1.807) is 0 Å². The van der Waals surface area contributed by atoms with Crippen molar-refractivity contribution < 1.29 is 9.90 Å². The van der Waals surface area contributed by atoms with Crippen LogP contribution in [0.15, 0.2) is 24.3 Å². The fraction of sp³-hybridized carbons (Fsp3) is 0.533. The van der Waals surface area contributed by atoms with Crippen LogP contribution in [0, 0.1) is 12.3 Å². The quantitative estimate of drug-likeness (QED) is 0.814. The zero-order chi connectivity index (χ0) is 13.6. The molecule has 1 aromatic rings. The normalized spacial score (nSPS) is 11.3. The predicted molar refractivity (Wildman–Crippen MR) is 73.6 cm³/mol. The van der Waals surface area contributed by atoms with Gasteiger partial charge in [0.05, 0.1) is 0 Å². The highest BCUT2D eigenvalue weighted by molar-refractivity contribution is 5.94. The highest BCUT2D eigenvalue weighted by Crippen LogP contribution is 2.20. The van der Waals surface area contributed by atoms with Gasteiger partial charge in [-0.15, -0.1) is 0 Å². The van der Waals surface area contributed by atoms with Crippen molar-refractivity contribution in [3.63, 3.8) is 0 Å². The predicted octanol–water partition coefficient (Wildman–Crippen LogP) is 2.52. The third kappa shape index (κ3) is 4.88. The molecular formula is C15H23NO2. The minimum Gasteiger partial charge on any atom is -0.396 e. The number of rotatable bonds is 6. The SMILES string of the molecule is Cc1ccc(C(=O)NCC(C)(C)CCCO)cc1. The number of hydrogen-bond acceptors (Lipinski definition) is 2. The fourth-order valence-corrected chi connectivity index (χ4v) is 1.77. The average molecular weight is 249 g/mol. The Hall–Kier alpha value is -1.35. The number of amides is 1. The molecule has 0 fully saturated rings. The van der Waals surface area contributed by atoms with Gasteiger partial charge in [0, 0.05) is 18.7 Å². The van der Waals surface area contributed by atoms with Gasteiger partial charge in [-0.2, -0.15) is 0 Å². The second-order valence-electron chi connectivity index (χ2n) is 5.54. The van der Waals surface area contributed by atoms with E-state index in [2.05, 4.69) is 19.2 Å². The van der Waals surface area contributed by atoms with E-state index in [4.69, 9.17) is 5.11 Å². The molecule has 0 heterocycles. The Morgan fingerprint density at radius 3 is 2.44 bits per heavy atom. The molecule has 0 aromatic heterocycles. The highest BCUT2D eigenvalue weighted by atomic mass is 16.2. The van der Waals surface area contributed by atoms with Crippen molar-refractivity contribution in [1.82, 2.24) is 5.32 Å². The van der Waals surface area contributed by atoms with E-state index in [1.807, 2.05) is 31.2 Å². The van der Waals surface area contributed by atoms with Crippen LogP contribution in [0.4, 0.5) is 0 Å². The van der Waals surface area contributed by atoms with Gasteiger partial charge in [-0.05, 0) is 37.3 Å². The largest absolute Gasteiger partial charge is 0.396 e. The third-order valence-corrected chi connectivity index (χ3v) is 3.05. The summed E-state index contributed by atoms with van der Waals surface area (Å²) in [5.41, 5.74) is 1.86. The van der Waals surface area contributed by atoms with E-state index >= 15 is 0 Å². The summed E-state index contributed by atoms with van der Waals surface area (Å²) in [6, 6.07) is 7.55. The van der Waals surface area contributed by atoms with Crippen LogP contribution in [-0.4, -0.2) is 24.2 Å². The summed E-state index contributed by atoms with van der Waals surface area (Å²) in [5, 5.41) is 11.8. The van der Waals surface area contributed by atoms with Crippen molar-refractivity contribution in [2.24, 2.45) is 5.41 Å². The van der Waals surface area contributed by atoms with Gasteiger partial charge in [-0.25, -0.2) is 0 Å². The summed E-state index contributed by atoms with van der Waals surface area (Å²) in [7, 11) is 0. The molecule has 0 aliphatic carbocycles. The van der Waals surface area contributed by atoms with Crippen LogP contribution in [0.1, 0.15) is 42.6 Å². The Bertz CT molecular complexity index is 382. The van der Waals surface area contributed by atoms with Gasteiger partial charge in [0.1, 0.15) is 0 Å². The topological polar surface area (TPSA) is 49.3 Å². The second-order valence-corrected chi connectivity index (χ2v) is 5.54. The summed E-state index contributed by atoms with van der Waals surface area (Å²) in [6.45, 7) is 7.02. The first-order chi connectivity index (χ1) is 8.44. The first kappa shape index (κ1) is 14.7. The van der Waals surface area contributed by atoms with E-state index in [1.165, 1.54) is 0 Å². The summed E-state index contributed by atoms with van der Waals surface area (Å²) in [6.07, 6.45) is 1.67. The van der Waals surface area contributed by atoms with Gasteiger partial charge in [0.25, 0.3) is 5.91 Å². The number of aryl methyl sites for hydroxylation is 1. The maximum absolute atomic E-state index is 11.9. The van der Waals surface area contributed by atoms with Gasteiger partial charge < -0.3 is 10.4 Å². The van der Waals surface area contributed by atoms with Gasteiger partial charge in [-0.3, -0.25) is 4.79 Å². The first-order valence-corrected chi connectivity index (χ1v) is 6.40. The Labute approximate surface area is 109 Å². The monoisotopic (exact) mass is 249 g/mol. The van der Waals surface area contributed by atoms with Crippen LogP contribution in [0.2, 0.25) is 0 Å². The molecule has 0 unspecified atom stereocenters. The Balaban J connectivity index is 2.48. The number of aliphatic hydroxyl groups excluding tert-OH is 1. The molecule has 18 heavy (non-hydrogen) atoms. The van der Waals surface area contributed by atoms with Crippen LogP contribution >= 0.6 is 0 Å². The van der Waals surface area contributed by atoms with E-state index in [-0.39, 0.29) is 17.9 Å². The van der Waals surface area contributed by atoms with Gasteiger partial charge in [-0.1, -0.05) is 31.5 Å². The van der Waals surface area contributed by atoms with Gasteiger partial charge >= 0.3 is 0 Å². The zero-order valence-electron chi connectivity index (χ0n) is 11.5. The maximum atomic E-state index is 11.9. The molecule has 0 aliphatic heterocycles. The summed E-state index contributed by atoms with van der Waals surface area (Å²) in [4.78, 5) is 11.9. The summed E-state index contributed by atoms with van der Waals surface area (Å²) in [5.74, 6) is -0.0351. The molecule has 0 atom stereocenters. The van der Waals surface area contributed by atoms with E-state index in [9.17, 15) is 4.79 Å². The average Bonchev–Trinajstić information content (AvgIpc) is 2.35. The molecule has 0 spiro atoms. The zero-order valence-corrected chi connectivity index (χ0v) is 11.5. The van der Waals surface area contributed by atoms with Crippen LogP contribution < -0.4 is 5.32 Å².